The second-order valence-electron chi connectivity index (χ2n) is 7.70. The molecule has 0 atom stereocenters. The lowest BCUT2D eigenvalue weighted by Gasteiger charge is -2.34. The molecule has 1 aromatic carbocycles. The summed E-state index contributed by atoms with van der Waals surface area (Å²) >= 11 is 0. The molecule has 1 saturated heterocycles. The van der Waals surface area contributed by atoms with Gasteiger partial charge in [0.15, 0.2) is 0 Å². The summed E-state index contributed by atoms with van der Waals surface area (Å²) < 4.78 is 11.7. The van der Waals surface area contributed by atoms with E-state index in [1.54, 1.807) is 7.11 Å². The molecule has 1 aromatic rings. The smallest absolute Gasteiger partial charge is 0.256 e. The third kappa shape index (κ3) is 4.57. The van der Waals surface area contributed by atoms with Gasteiger partial charge in [0, 0.05) is 18.9 Å². The molecule has 1 saturated carbocycles. The quantitative estimate of drug-likeness (QED) is 0.813. The van der Waals surface area contributed by atoms with Crippen molar-refractivity contribution in [2.75, 3.05) is 32.1 Å². The average molecular weight is 360 g/mol. The summed E-state index contributed by atoms with van der Waals surface area (Å²) in [6, 6.07) is 5.89. The van der Waals surface area contributed by atoms with Crippen LogP contribution in [0.5, 0.6) is 5.75 Å². The molecule has 3 rings (SSSR count). The summed E-state index contributed by atoms with van der Waals surface area (Å²) in [5, 5.41) is 6.31. The number of ether oxygens (including phenoxy) is 2. The second kappa shape index (κ2) is 8.87. The molecule has 26 heavy (non-hydrogen) atoms. The number of nitrogens with one attached hydrogen (secondary N) is 2. The van der Waals surface area contributed by atoms with Crippen LogP contribution in [0.2, 0.25) is 0 Å². The Morgan fingerprint density at radius 2 is 1.96 bits per heavy atom. The van der Waals surface area contributed by atoms with Crippen LogP contribution in [0.25, 0.3) is 0 Å². The minimum absolute atomic E-state index is 0.0661. The number of anilines is 1. The van der Waals surface area contributed by atoms with Gasteiger partial charge in [0.25, 0.3) is 5.91 Å². The molecule has 0 spiro atoms. The first-order valence-corrected chi connectivity index (χ1v) is 9.94. The molecule has 0 radical (unpaired) electrons. The molecular formula is C21H32N2O3. The van der Waals surface area contributed by atoms with Crippen LogP contribution in [-0.4, -0.2) is 38.3 Å². The maximum Gasteiger partial charge on any atom is 0.256 e. The maximum absolute atomic E-state index is 12.8. The number of amides is 1. The fourth-order valence-electron chi connectivity index (χ4n) is 3.99. The SMILES string of the molecule is COC1(C(=O)Nc2ccc(C)c(OCC3CCCCC3)c2)CCNCC1. The van der Waals surface area contributed by atoms with Crippen LogP contribution in [-0.2, 0) is 9.53 Å². The lowest BCUT2D eigenvalue weighted by Crippen LogP contribution is -2.51. The largest absolute Gasteiger partial charge is 0.493 e. The van der Waals surface area contributed by atoms with Gasteiger partial charge in [-0.05, 0) is 63.2 Å². The zero-order valence-corrected chi connectivity index (χ0v) is 16.1. The minimum atomic E-state index is -0.737. The Morgan fingerprint density at radius 3 is 2.65 bits per heavy atom. The number of piperidine rings is 1. The fourth-order valence-corrected chi connectivity index (χ4v) is 3.99. The van der Waals surface area contributed by atoms with Crippen molar-refractivity contribution in [3.05, 3.63) is 23.8 Å². The Morgan fingerprint density at radius 1 is 1.23 bits per heavy atom. The lowest BCUT2D eigenvalue weighted by atomic mass is 9.90. The van der Waals surface area contributed by atoms with Crippen molar-refractivity contribution in [1.82, 2.24) is 5.32 Å². The molecule has 0 aromatic heterocycles. The van der Waals surface area contributed by atoms with E-state index in [-0.39, 0.29) is 5.91 Å². The number of benzene rings is 1. The number of hydrogen-bond acceptors (Lipinski definition) is 4. The molecule has 5 nitrogen and oxygen atoms in total. The third-order valence-electron chi connectivity index (χ3n) is 5.86. The van der Waals surface area contributed by atoms with Crippen LogP contribution < -0.4 is 15.4 Å². The molecular weight excluding hydrogens is 328 g/mol. The van der Waals surface area contributed by atoms with Crippen molar-refractivity contribution in [3.8, 4) is 5.75 Å². The Balaban J connectivity index is 1.63. The molecule has 0 bridgehead atoms. The second-order valence-corrected chi connectivity index (χ2v) is 7.70. The van der Waals surface area contributed by atoms with Gasteiger partial charge in [-0.25, -0.2) is 0 Å². The van der Waals surface area contributed by atoms with Crippen molar-refractivity contribution < 1.29 is 14.3 Å². The van der Waals surface area contributed by atoms with E-state index in [1.165, 1.54) is 32.1 Å². The predicted octanol–water partition coefficient (Wildman–Crippen LogP) is 3.66. The van der Waals surface area contributed by atoms with Gasteiger partial charge in [0.1, 0.15) is 11.4 Å². The maximum atomic E-state index is 12.8. The molecule has 5 heteroatoms. The van der Waals surface area contributed by atoms with Gasteiger partial charge in [0.05, 0.1) is 6.61 Å². The highest BCUT2D eigenvalue weighted by Gasteiger charge is 2.39. The van der Waals surface area contributed by atoms with E-state index in [2.05, 4.69) is 10.6 Å². The Kier molecular flexibility index (Phi) is 6.54. The Labute approximate surface area is 156 Å². The molecule has 1 heterocycles. The van der Waals surface area contributed by atoms with Gasteiger partial charge in [-0.15, -0.1) is 0 Å². The monoisotopic (exact) mass is 360 g/mol. The first-order chi connectivity index (χ1) is 12.6. The van der Waals surface area contributed by atoms with Crippen molar-refractivity contribution >= 4 is 11.6 Å². The van der Waals surface area contributed by atoms with E-state index in [9.17, 15) is 4.79 Å². The molecule has 144 valence electrons. The third-order valence-corrected chi connectivity index (χ3v) is 5.86. The first kappa shape index (κ1) is 19.2. The van der Waals surface area contributed by atoms with E-state index in [1.807, 2.05) is 25.1 Å². The number of methoxy groups -OCH3 is 1. The summed E-state index contributed by atoms with van der Waals surface area (Å²) in [6.45, 7) is 4.41. The van der Waals surface area contributed by atoms with Crippen LogP contribution in [0.15, 0.2) is 18.2 Å². The molecule has 1 aliphatic heterocycles. The first-order valence-electron chi connectivity index (χ1n) is 9.94. The van der Waals surface area contributed by atoms with Gasteiger partial charge in [0.2, 0.25) is 0 Å². The van der Waals surface area contributed by atoms with E-state index in [0.29, 0.717) is 18.8 Å². The summed E-state index contributed by atoms with van der Waals surface area (Å²) in [5.74, 6) is 1.46. The van der Waals surface area contributed by atoms with Gasteiger partial charge in [-0.1, -0.05) is 25.3 Å². The van der Waals surface area contributed by atoms with Gasteiger partial charge < -0.3 is 20.1 Å². The van der Waals surface area contributed by atoms with E-state index in [0.717, 1.165) is 36.7 Å². The van der Waals surface area contributed by atoms with Crippen LogP contribution in [0.4, 0.5) is 5.69 Å². The summed E-state index contributed by atoms with van der Waals surface area (Å²) in [6.07, 6.45) is 7.89. The van der Waals surface area contributed by atoms with Crippen molar-refractivity contribution in [2.45, 2.75) is 57.5 Å². The minimum Gasteiger partial charge on any atom is -0.493 e. The molecule has 1 amide bonds. The topological polar surface area (TPSA) is 59.6 Å². The molecule has 2 fully saturated rings. The summed E-state index contributed by atoms with van der Waals surface area (Å²) in [7, 11) is 1.62. The van der Waals surface area contributed by atoms with E-state index in [4.69, 9.17) is 9.47 Å². The molecule has 1 aliphatic carbocycles. The zero-order chi connectivity index (χ0) is 18.4. The van der Waals surface area contributed by atoms with E-state index < -0.39 is 5.60 Å². The van der Waals surface area contributed by atoms with Gasteiger partial charge in [-0.2, -0.15) is 0 Å². The van der Waals surface area contributed by atoms with Crippen LogP contribution >= 0.6 is 0 Å². The molecule has 2 N–H and O–H groups in total. The molecule has 2 aliphatic rings. The van der Waals surface area contributed by atoms with Crippen LogP contribution in [0.1, 0.15) is 50.5 Å². The van der Waals surface area contributed by atoms with Crippen LogP contribution in [0, 0.1) is 12.8 Å². The molecule has 0 unspecified atom stereocenters. The Bertz CT molecular complexity index is 605. The number of carbonyl (C=O) groups is 1. The van der Waals surface area contributed by atoms with Crippen molar-refractivity contribution in [2.24, 2.45) is 5.92 Å². The van der Waals surface area contributed by atoms with Gasteiger partial charge in [-0.3, -0.25) is 4.79 Å². The lowest BCUT2D eigenvalue weighted by molar-refractivity contribution is -0.140. The highest BCUT2D eigenvalue weighted by atomic mass is 16.5. The van der Waals surface area contributed by atoms with Crippen molar-refractivity contribution in [3.63, 3.8) is 0 Å². The average Bonchev–Trinajstić information content (AvgIpc) is 2.69. The number of hydrogen-bond donors (Lipinski definition) is 2. The number of carbonyl (C=O) groups excluding carboxylic acids is 1. The van der Waals surface area contributed by atoms with Gasteiger partial charge >= 0.3 is 0 Å². The van der Waals surface area contributed by atoms with Crippen molar-refractivity contribution in [1.29, 1.82) is 0 Å². The standard InChI is InChI=1S/C21H32N2O3/c1-16-8-9-18(14-19(16)26-15-17-6-4-3-5-7-17)23-20(24)21(25-2)10-12-22-13-11-21/h8-9,14,17,22H,3-7,10-13,15H2,1-2H3,(H,23,24). The summed E-state index contributed by atoms with van der Waals surface area (Å²) in [4.78, 5) is 12.8. The number of aryl methyl sites for hydroxylation is 1. The fraction of sp³-hybridized carbons (Fsp3) is 0.667. The number of rotatable bonds is 6. The zero-order valence-electron chi connectivity index (χ0n) is 16.1. The predicted molar refractivity (Wildman–Crippen MR) is 104 cm³/mol. The van der Waals surface area contributed by atoms with E-state index >= 15 is 0 Å². The summed E-state index contributed by atoms with van der Waals surface area (Å²) in [5.41, 5.74) is 1.13. The Hall–Kier alpha value is -1.59. The normalized spacial score (nSPS) is 20.5. The van der Waals surface area contributed by atoms with Crippen LogP contribution in [0.3, 0.4) is 0 Å². The highest BCUT2D eigenvalue weighted by molar-refractivity contribution is 5.97. The highest BCUT2D eigenvalue weighted by Crippen LogP contribution is 2.29.